The van der Waals surface area contributed by atoms with Gasteiger partial charge in [0.25, 0.3) is 0 Å². The monoisotopic (exact) mass is 233 g/mol. The van der Waals surface area contributed by atoms with Gasteiger partial charge in [-0.15, -0.1) is 0 Å². The van der Waals surface area contributed by atoms with Gasteiger partial charge in [0, 0.05) is 12.7 Å². The van der Waals surface area contributed by atoms with Crippen LogP contribution in [0.1, 0.15) is 44.1 Å². The van der Waals surface area contributed by atoms with E-state index in [-0.39, 0.29) is 0 Å². The summed E-state index contributed by atoms with van der Waals surface area (Å²) in [5.74, 6) is 2.59. The minimum atomic E-state index is 0.853. The van der Waals surface area contributed by atoms with Gasteiger partial charge in [0.2, 0.25) is 0 Å². The first kappa shape index (κ1) is 12.5. The molecule has 0 saturated heterocycles. The van der Waals surface area contributed by atoms with Gasteiger partial charge in [-0.3, -0.25) is 0 Å². The zero-order chi connectivity index (χ0) is 12.1. The molecule has 0 radical (unpaired) electrons. The maximum Gasteiger partial charge on any atom is 0.125 e. The predicted octanol–water partition coefficient (Wildman–Crippen LogP) is 2.70. The van der Waals surface area contributed by atoms with Crippen LogP contribution < -0.4 is 5.32 Å². The summed E-state index contributed by atoms with van der Waals surface area (Å²) in [5, 5.41) is 3.54. The van der Waals surface area contributed by atoms with Crippen molar-refractivity contribution in [3.05, 3.63) is 23.8 Å². The molecule has 1 fully saturated rings. The second-order valence-electron chi connectivity index (χ2n) is 5.25. The largest absolute Gasteiger partial charge is 0.311 e. The third kappa shape index (κ3) is 3.77. The van der Waals surface area contributed by atoms with Crippen molar-refractivity contribution in [3.63, 3.8) is 0 Å². The number of hydrogen-bond donors (Lipinski definition) is 1. The molecule has 0 aliphatic heterocycles. The standard InChI is InChI=1S/C14H23N3/c1-11-5-3-4-6-13(11)9-15-10-14-7-8-16-12(2)17-14/h7-8,11,13,15H,3-6,9-10H2,1-2H3. The molecule has 1 aromatic rings. The highest BCUT2D eigenvalue weighted by Crippen LogP contribution is 2.28. The summed E-state index contributed by atoms with van der Waals surface area (Å²) >= 11 is 0. The van der Waals surface area contributed by atoms with E-state index in [1.54, 1.807) is 0 Å². The van der Waals surface area contributed by atoms with Gasteiger partial charge in [-0.25, -0.2) is 9.97 Å². The van der Waals surface area contributed by atoms with Crippen molar-refractivity contribution in [1.82, 2.24) is 15.3 Å². The fraction of sp³-hybridized carbons (Fsp3) is 0.714. The van der Waals surface area contributed by atoms with Crippen LogP contribution in [0.2, 0.25) is 0 Å². The van der Waals surface area contributed by atoms with E-state index in [4.69, 9.17) is 0 Å². The van der Waals surface area contributed by atoms with Crippen molar-refractivity contribution in [2.24, 2.45) is 11.8 Å². The van der Waals surface area contributed by atoms with E-state index in [2.05, 4.69) is 22.2 Å². The number of nitrogens with one attached hydrogen (secondary N) is 1. The average molecular weight is 233 g/mol. The van der Waals surface area contributed by atoms with Crippen molar-refractivity contribution in [1.29, 1.82) is 0 Å². The number of aromatic nitrogens is 2. The third-order valence-corrected chi connectivity index (χ3v) is 3.84. The molecule has 0 spiro atoms. The Morgan fingerprint density at radius 1 is 1.35 bits per heavy atom. The lowest BCUT2D eigenvalue weighted by Crippen LogP contribution is -2.29. The van der Waals surface area contributed by atoms with Crippen LogP contribution in [0.3, 0.4) is 0 Å². The van der Waals surface area contributed by atoms with E-state index in [1.165, 1.54) is 25.7 Å². The van der Waals surface area contributed by atoms with Crippen LogP contribution in [-0.4, -0.2) is 16.5 Å². The Morgan fingerprint density at radius 2 is 2.18 bits per heavy atom. The summed E-state index contributed by atoms with van der Waals surface area (Å²) in [6.07, 6.45) is 7.45. The second-order valence-corrected chi connectivity index (χ2v) is 5.25. The molecule has 0 amide bonds. The molecule has 1 aliphatic carbocycles. The lowest BCUT2D eigenvalue weighted by atomic mass is 9.80. The van der Waals surface area contributed by atoms with Gasteiger partial charge in [-0.1, -0.05) is 26.2 Å². The SMILES string of the molecule is Cc1nccc(CNCC2CCCCC2C)n1. The fourth-order valence-corrected chi connectivity index (χ4v) is 2.69. The molecule has 94 valence electrons. The minimum Gasteiger partial charge on any atom is -0.311 e. The fourth-order valence-electron chi connectivity index (χ4n) is 2.69. The quantitative estimate of drug-likeness (QED) is 0.869. The van der Waals surface area contributed by atoms with Crippen LogP contribution >= 0.6 is 0 Å². The Labute approximate surface area is 104 Å². The zero-order valence-corrected chi connectivity index (χ0v) is 10.9. The smallest absolute Gasteiger partial charge is 0.125 e. The topological polar surface area (TPSA) is 37.8 Å². The van der Waals surface area contributed by atoms with Gasteiger partial charge < -0.3 is 5.32 Å². The molecule has 2 unspecified atom stereocenters. The Bertz CT molecular complexity index is 351. The number of aryl methyl sites for hydroxylation is 1. The van der Waals surface area contributed by atoms with Crippen LogP contribution in [0.25, 0.3) is 0 Å². The maximum absolute atomic E-state index is 4.40. The van der Waals surface area contributed by atoms with Crippen molar-refractivity contribution >= 4 is 0 Å². The van der Waals surface area contributed by atoms with E-state index in [1.807, 2.05) is 19.2 Å². The molecule has 2 rings (SSSR count). The van der Waals surface area contributed by atoms with E-state index in [9.17, 15) is 0 Å². The summed E-state index contributed by atoms with van der Waals surface area (Å²) in [7, 11) is 0. The van der Waals surface area contributed by atoms with Crippen LogP contribution in [0.5, 0.6) is 0 Å². The Morgan fingerprint density at radius 3 is 2.94 bits per heavy atom. The lowest BCUT2D eigenvalue weighted by molar-refractivity contribution is 0.247. The molecule has 17 heavy (non-hydrogen) atoms. The van der Waals surface area contributed by atoms with E-state index in [0.29, 0.717) is 0 Å². The molecular weight excluding hydrogens is 210 g/mol. The summed E-state index contributed by atoms with van der Waals surface area (Å²) in [6.45, 7) is 6.32. The maximum atomic E-state index is 4.40. The highest BCUT2D eigenvalue weighted by molar-refractivity contribution is 5.01. The highest BCUT2D eigenvalue weighted by atomic mass is 14.9. The molecule has 0 bridgehead atoms. The molecule has 0 aromatic carbocycles. The summed E-state index contributed by atoms with van der Waals surface area (Å²) < 4.78 is 0. The first-order valence-electron chi connectivity index (χ1n) is 6.75. The molecule has 1 aliphatic rings. The minimum absolute atomic E-state index is 0.853. The zero-order valence-electron chi connectivity index (χ0n) is 10.9. The molecule has 3 heteroatoms. The van der Waals surface area contributed by atoms with Gasteiger partial charge in [-0.2, -0.15) is 0 Å². The van der Waals surface area contributed by atoms with Gasteiger partial charge in [0.15, 0.2) is 0 Å². The third-order valence-electron chi connectivity index (χ3n) is 3.84. The van der Waals surface area contributed by atoms with Gasteiger partial charge in [0.1, 0.15) is 5.82 Å². The van der Waals surface area contributed by atoms with Crippen molar-refractivity contribution < 1.29 is 0 Å². The van der Waals surface area contributed by atoms with Crippen LogP contribution in [0.15, 0.2) is 12.3 Å². The van der Waals surface area contributed by atoms with Gasteiger partial charge in [-0.05, 0) is 37.8 Å². The normalized spacial score (nSPS) is 24.8. The van der Waals surface area contributed by atoms with Crippen molar-refractivity contribution in [3.8, 4) is 0 Å². The summed E-state index contributed by atoms with van der Waals surface area (Å²) in [5.41, 5.74) is 1.10. The van der Waals surface area contributed by atoms with Gasteiger partial charge >= 0.3 is 0 Å². The molecule has 1 saturated carbocycles. The molecular formula is C14H23N3. The van der Waals surface area contributed by atoms with Crippen molar-refractivity contribution in [2.75, 3.05) is 6.54 Å². The molecule has 1 heterocycles. The lowest BCUT2D eigenvalue weighted by Gasteiger charge is -2.28. The van der Waals surface area contributed by atoms with E-state index < -0.39 is 0 Å². The van der Waals surface area contributed by atoms with Crippen LogP contribution in [0, 0.1) is 18.8 Å². The number of nitrogens with zero attached hydrogens (tertiary/aromatic N) is 2. The highest BCUT2D eigenvalue weighted by Gasteiger charge is 2.20. The molecule has 3 nitrogen and oxygen atoms in total. The molecule has 2 atom stereocenters. The first-order chi connectivity index (χ1) is 8.25. The summed E-state index contributed by atoms with van der Waals surface area (Å²) in [4.78, 5) is 8.51. The van der Waals surface area contributed by atoms with E-state index in [0.717, 1.165) is 36.4 Å². The number of hydrogen-bond acceptors (Lipinski definition) is 3. The Kier molecular flexibility index (Phi) is 4.49. The number of rotatable bonds is 4. The Hall–Kier alpha value is -0.960. The second kappa shape index (κ2) is 6.10. The predicted molar refractivity (Wildman–Crippen MR) is 69.6 cm³/mol. The summed E-state index contributed by atoms with van der Waals surface area (Å²) in [6, 6.07) is 1.99. The van der Waals surface area contributed by atoms with Crippen LogP contribution in [0.4, 0.5) is 0 Å². The van der Waals surface area contributed by atoms with Crippen LogP contribution in [-0.2, 0) is 6.54 Å². The molecule has 1 N–H and O–H groups in total. The van der Waals surface area contributed by atoms with E-state index >= 15 is 0 Å². The van der Waals surface area contributed by atoms with Gasteiger partial charge in [0.05, 0.1) is 5.69 Å². The van der Waals surface area contributed by atoms with Crippen molar-refractivity contribution in [2.45, 2.75) is 46.1 Å². The Balaban J connectivity index is 1.75. The molecule has 1 aromatic heterocycles. The first-order valence-corrected chi connectivity index (χ1v) is 6.75. The average Bonchev–Trinajstić information content (AvgIpc) is 2.32.